The van der Waals surface area contributed by atoms with Crippen molar-refractivity contribution < 1.29 is 24.2 Å². The Balaban J connectivity index is 1.48. The van der Waals surface area contributed by atoms with Crippen molar-refractivity contribution in [2.24, 2.45) is 0 Å². The van der Waals surface area contributed by atoms with Gasteiger partial charge in [-0.15, -0.1) is 0 Å². The fourth-order valence-electron chi connectivity index (χ4n) is 3.11. The Morgan fingerprint density at radius 3 is 2.03 bits per heavy atom. The van der Waals surface area contributed by atoms with Gasteiger partial charge in [0, 0.05) is 24.7 Å². The Kier molecular flexibility index (Phi) is 7.39. The number of aromatic carboxylic acids is 1. The lowest BCUT2D eigenvalue weighted by Gasteiger charge is -2.18. The minimum atomic E-state index is -0.974. The van der Waals surface area contributed by atoms with E-state index in [4.69, 9.17) is 9.84 Å². The molecule has 0 saturated carbocycles. The molecule has 0 aliphatic heterocycles. The van der Waals surface area contributed by atoms with E-state index in [1.807, 2.05) is 19.1 Å². The van der Waals surface area contributed by atoms with Crippen LogP contribution in [0.5, 0.6) is 5.75 Å². The van der Waals surface area contributed by atoms with E-state index in [2.05, 4.69) is 0 Å². The van der Waals surface area contributed by atoms with E-state index in [9.17, 15) is 14.4 Å². The van der Waals surface area contributed by atoms with Gasteiger partial charge >= 0.3 is 5.97 Å². The standard InChI is InChI=1S/C26H25NO5/c1-18-3-8-20(9-4-18)25(29)27(2)22-12-15-24(16-13-22)32-17-23(28)14-7-19-5-10-21(11-6-19)26(30)31/h3-6,8-13,15-16H,7,14,17H2,1-2H3,(H,30,31). The van der Waals surface area contributed by atoms with Crippen molar-refractivity contribution in [3.63, 3.8) is 0 Å². The van der Waals surface area contributed by atoms with Crippen molar-refractivity contribution in [1.29, 1.82) is 0 Å². The Morgan fingerprint density at radius 1 is 0.844 bits per heavy atom. The van der Waals surface area contributed by atoms with E-state index < -0.39 is 5.97 Å². The van der Waals surface area contributed by atoms with Crippen LogP contribution in [0.1, 0.15) is 38.3 Å². The van der Waals surface area contributed by atoms with Crippen LogP contribution in [-0.4, -0.2) is 36.4 Å². The van der Waals surface area contributed by atoms with Crippen molar-refractivity contribution in [3.8, 4) is 5.75 Å². The van der Waals surface area contributed by atoms with Crippen LogP contribution in [0.3, 0.4) is 0 Å². The fourth-order valence-corrected chi connectivity index (χ4v) is 3.11. The van der Waals surface area contributed by atoms with Gasteiger partial charge in [-0.05, 0) is 67.4 Å². The van der Waals surface area contributed by atoms with E-state index in [0.717, 1.165) is 16.8 Å². The molecular weight excluding hydrogens is 406 g/mol. The molecular formula is C26H25NO5. The highest BCUT2D eigenvalue weighted by molar-refractivity contribution is 6.05. The Labute approximate surface area is 187 Å². The molecule has 3 rings (SSSR count). The summed E-state index contributed by atoms with van der Waals surface area (Å²) >= 11 is 0. The number of rotatable bonds is 9. The molecule has 0 aliphatic rings. The lowest BCUT2D eigenvalue weighted by Crippen LogP contribution is -2.26. The van der Waals surface area contributed by atoms with Gasteiger partial charge in [-0.25, -0.2) is 4.79 Å². The van der Waals surface area contributed by atoms with Crippen LogP contribution in [0.4, 0.5) is 5.69 Å². The molecule has 32 heavy (non-hydrogen) atoms. The first-order valence-electron chi connectivity index (χ1n) is 10.2. The van der Waals surface area contributed by atoms with E-state index in [1.165, 1.54) is 12.1 Å². The van der Waals surface area contributed by atoms with Crippen LogP contribution in [0.25, 0.3) is 0 Å². The molecule has 6 heteroatoms. The SMILES string of the molecule is Cc1ccc(C(=O)N(C)c2ccc(OCC(=O)CCc3ccc(C(=O)O)cc3)cc2)cc1. The predicted molar refractivity (Wildman–Crippen MR) is 123 cm³/mol. The van der Waals surface area contributed by atoms with Crippen LogP contribution in [0, 0.1) is 6.92 Å². The third kappa shape index (κ3) is 6.04. The molecule has 0 spiro atoms. The number of benzene rings is 3. The first-order valence-corrected chi connectivity index (χ1v) is 10.2. The molecule has 0 aromatic heterocycles. The maximum atomic E-state index is 12.6. The van der Waals surface area contributed by atoms with Gasteiger partial charge in [0.05, 0.1) is 5.56 Å². The Hall–Kier alpha value is -3.93. The predicted octanol–water partition coefficient (Wildman–Crippen LogP) is 4.55. The van der Waals surface area contributed by atoms with Crippen molar-refractivity contribution in [3.05, 3.63) is 95.1 Å². The molecule has 0 heterocycles. The zero-order chi connectivity index (χ0) is 23.1. The molecule has 0 unspecified atom stereocenters. The van der Waals surface area contributed by atoms with Crippen molar-refractivity contribution in [2.45, 2.75) is 19.8 Å². The Bertz CT molecular complexity index is 1090. The van der Waals surface area contributed by atoms with Crippen LogP contribution < -0.4 is 9.64 Å². The van der Waals surface area contributed by atoms with Gasteiger partial charge in [-0.3, -0.25) is 9.59 Å². The largest absolute Gasteiger partial charge is 0.486 e. The normalized spacial score (nSPS) is 10.4. The first-order chi connectivity index (χ1) is 15.3. The van der Waals surface area contributed by atoms with Crippen molar-refractivity contribution in [1.82, 2.24) is 0 Å². The van der Waals surface area contributed by atoms with Gasteiger partial charge in [0.1, 0.15) is 12.4 Å². The molecule has 0 aliphatic carbocycles. The molecule has 0 bridgehead atoms. The van der Waals surface area contributed by atoms with Crippen molar-refractivity contribution in [2.75, 3.05) is 18.6 Å². The quantitative estimate of drug-likeness (QED) is 0.537. The number of hydrogen-bond donors (Lipinski definition) is 1. The van der Waals surface area contributed by atoms with Gasteiger partial charge in [-0.2, -0.15) is 0 Å². The first kappa shape index (κ1) is 22.7. The third-order valence-electron chi connectivity index (χ3n) is 5.12. The minimum Gasteiger partial charge on any atom is -0.486 e. The smallest absolute Gasteiger partial charge is 0.335 e. The molecule has 1 amide bonds. The lowest BCUT2D eigenvalue weighted by molar-refractivity contribution is -0.121. The maximum absolute atomic E-state index is 12.6. The summed E-state index contributed by atoms with van der Waals surface area (Å²) in [6.07, 6.45) is 0.825. The van der Waals surface area contributed by atoms with Gasteiger partial charge < -0.3 is 14.7 Å². The molecule has 1 N–H and O–H groups in total. The van der Waals surface area contributed by atoms with Gasteiger partial charge in [0.15, 0.2) is 5.78 Å². The van der Waals surface area contributed by atoms with Crippen LogP contribution >= 0.6 is 0 Å². The topological polar surface area (TPSA) is 83.9 Å². The highest BCUT2D eigenvalue weighted by atomic mass is 16.5. The van der Waals surface area contributed by atoms with Crippen LogP contribution in [-0.2, 0) is 11.2 Å². The molecule has 0 radical (unpaired) electrons. The van der Waals surface area contributed by atoms with Gasteiger partial charge in [0.25, 0.3) is 5.91 Å². The summed E-state index contributed by atoms with van der Waals surface area (Å²) in [6.45, 7) is 1.92. The average molecular weight is 431 g/mol. The maximum Gasteiger partial charge on any atom is 0.335 e. The number of ether oxygens (including phenoxy) is 1. The number of ketones is 1. The molecule has 6 nitrogen and oxygen atoms in total. The number of carbonyl (C=O) groups is 3. The highest BCUT2D eigenvalue weighted by Gasteiger charge is 2.13. The highest BCUT2D eigenvalue weighted by Crippen LogP contribution is 2.20. The number of Topliss-reactive ketones (excluding diaryl/α,β-unsaturated/α-hetero) is 1. The zero-order valence-electron chi connectivity index (χ0n) is 18.1. The second-order valence-electron chi connectivity index (χ2n) is 7.55. The molecule has 0 fully saturated rings. The summed E-state index contributed by atoms with van der Waals surface area (Å²) in [7, 11) is 1.71. The summed E-state index contributed by atoms with van der Waals surface area (Å²) in [5.74, 6) is -0.588. The van der Waals surface area contributed by atoms with Crippen molar-refractivity contribution >= 4 is 23.3 Å². The third-order valence-corrected chi connectivity index (χ3v) is 5.12. The monoisotopic (exact) mass is 431 g/mol. The average Bonchev–Trinajstić information content (AvgIpc) is 2.81. The van der Waals surface area contributed by atoms with Gasteiger partial charge in [-0.1, -0.05) is 29.8 Å². The number of anilines is 1. The molecule has 3 aromatic carbocycles. The molecule has 3 aromatic rings. The van der Waals surface area contributed by atoms with Gasteiger partial charge in [0.2, 0.25) is 0 Å². The van der Waals surface area contributed by atoms with E-state index in [-0.39, 0.29) is 23.9 Å². The number of carbonyl (C=O) groups excluding carboxylic acids is 2. The zero-order valence-corrected chi connectivity index (χ0v) is 18.1. The van der Waals surface area contributed by atoms with Crippen LogP contribution in [0.15, 0.2) is 72.8 Å². The summed E-state index contributed by atoms with van der Waals surface area (Å²) in [5.41, 5.74) is 3.55. The summed E-state index contributed by atoms with van der Waals surface area (Å²) in [5, 5.41) is 8.92. The van der Waals surface area contributed by atoms with E-state index >= 15 is 0 Å². The number of carboxylic acid groups (broad SMARTS) is 1. The van der Waals surface area contributed by atoms with E-state index in [1.54, 1.807) is 60.5 Å². The van der Waals surface area contributed by atoms with E-state index in [0.29, 0.717) is 24.2 Å². The fraction of sp³-hybridized carbons (Fsp3) is 0.192. The summed E-state index contributed by atoms with van der Waals surface area (Å²) in [6, 6.07) is 20.9. The number of carboxylic acids is 1. The summed E-state index contributed by atoms with van der Waals surface area (Å²) in [4.78, 5) is 37.2. The Morgan fingerprint density at radius 2 is 1.44 bits per heavy atom. The molecule has 0 saturated heterocycles. The number of aryl methyl sites for hydroxylation is 2. The second-order valence-corrected chi connectivity index (χ2v) is 7.55. The molecule has 0 atom stereocenters. The number of nitrogens with zero attached hydrogens (tertiary/aromatic N) is 1. The number of hydrogen-bond acceptors (Lipinski definition) is 4. The second kappa shape index (κ2) is 10.4. The number of amides is 1. The minimum absolute atomic E-state index is 0.0509. The lowest BCUT2D eigenvalue weighted by atomic mass is 10.1. The summed E-state index contributed by atoms with van der Waals surface area (Å²) < 4.78 is 5.57. The van der Waals surface area contributed by atoms with Crippen LogP contribution in [0.2, 0.25) is 0 Å². The molecule has 164 valence electrons.